The highest BCUT2D eigenvalue weighted by molar-refractivity contribution is 5.95. The van der Waals surface area contributed by atoms with Crippen molar-refractivity contribution in [1.82, 2.24) is 0 Å². The van der Waals surface area contributed by atoms with Crippen LogP contribution in [0.4, 0.5) is 13.2 Å². The molecule has 0 saturated heterocycles. The summed E-state index contributed by atoms with van der Waals surface area (Å²) in [6.45, 7) is 0. The molecule has 1 heterocycles. The smallest absolute Gasteiger partial charge is 0.205 e. The van der Waals surface area contributed by atoms with E-state index in [0.29, 0.717) is 11.3 Å². The van der Waals surface area contributed by atoms with Gasteiger partial charge in [-0.2, -0.15) is 5.26 Å². The predicted molar refractivity (Wildman–Crippen MR) is 89.6 cm³/mol. The largest absolute Gasteiger partial charge is 0.441 e. The molecule has 3 aromatic carbocycles. The molecule has 0 fully saturated rings. The van der Waals surface area contributed by atoms with Gasteiger partial charge in [0.15, 0.2) is 17.5 Å². The number of halogens is 3. The van der Waals surface area contributed by atoms with Gasteiger partial charge in [-0.15, -0.1) is 0 Å². The molecule has 0 amide bonds. The van der Waals surface area contributed by atoms with Crippen LogP contribution in [0.1, 0.15) is 17.0 Å². The summed E-state index contributed by atoms with van der Waals surface area (Å²) >= 11 is 0. The second-order valence-electron chi connectivity index (χ2n) is 6.05. The number of fused-ring (bicyclic) bond motifs is 3. The first-order valence-electron chi connectivity index (χ1n) is 7.83. The lowest BCUT2D eigenvalue weighted by Gasteiger charge is -2.31. The number of hydrogen-bond donors (Lipinski definition) is 1. The number of nitrogens with one attached hydrogen (secondary N) is 1. The van der Waals surface area contributed by atoms with E-state index in [2.05, 4.69) is 0 Å². The molecule has 1 N–H and O–H groups in total. The van der Waals surface area contributed by atoms with Crippen molar-refractivity contribution < 1.29 is 17.9 Å². The maximum Gasteiger partial charge on any atom is 0.205 e. The summed E-state index contributed by atoms with van der Waals surface area (Å²) in [5.41, 5.74) is 0.606. The van der Waals surface area contributed by atoms with Crippen LogP contribution < -0.4 is 4.74 Å². The van der Waals surface area contributed by atoms with Crippen LogP contribution in [0.25, 0.3) is 10.8 Å². The van der Waals surface area contributed by atoms with Crippen molar-refractivity contribution >= 4 is 16.7 Å². The Morgan fingerprint density at radius 3 is 2.38 bits per heavy atom. The standard InChI is InChI=1S/C20H11F3N2O/c21-15-7-11(8-16(22)18(15)23)17-13-6-5-10-3-1-2-4-12(10)19(13)26-20(25)14(17)9-24/h1-8,14,17,25H. The summed E-state index contributed by atoms with van der Waals surface area (Å²) in [7, 11) is 0. The van der Waals surface area contributed by atoms with Crippen molar-refractivity contribution in [3.8, 4) is 11.8 Å². The third-order valence-corrected chi connectivity index (χ3v) is 4.58. The van der Waals surface area contributed by atoms with Gasteiger partial charge < -0.3 is 4.74 Å². The summed E-state index contributed by atoms with van der Waals surface area (Å²) in [5, 5.41) is 19.2. The average molecular weight is 352 g/mol. The lowest BCUT2D eigenvalue weighted by atomic mass is 9.78. The van der Waals surface area contributed by atoms with Gasteiger partial charge in [0, 0.05) is 16.9 Å². The zero-order valence-electron chi connectivity index (χ0n) is 13.3. The van der Waals surface area contributed by atoms with E-state index in [9.17, 15) is 18.4 Å². The Bertz CT molecular complexity index is 1080. The summed E-state index contributed by atoms with van der Waals surface area (Å²) < 4.78 is 46.5. The van der Waals surface area contributed by atoms with E-state index < -0.39 is 29.3 Å². The Hall–Kier alpha value is -3.33. The zero-order valence-corrected chi connectivity index (χ0v) is 13.3. The van der Waals surface area contributed by atoms with Crippen molar-refractivity contribution in [2.45, 2.75) is 5.92 Å². The predicted octanol–water partition coefficient (Wildman–Crippen LogP) is 4.90. The Morgan fingerprint density at radius 1 is 1.00 bits per heavy atom. The number of nitrogens with zero attached hydrogens (tertiary/aromatic N) is 1. The molecule has 128 valence electrons. The second kappa shape index (κ2) is 5.88. The van der Waals surface area contributed by atoms with Crippen LogP contribution in [0, 0.1) is 40.1 Å². The minimum absolute atomic E-state index is 0.0810. The van der Waals surface area contributed by atoms with E-state index in [4.69, 9.17) is 10.1 Å². The molecule has 0 saturated carbocycles. The van der Waals surface area contributed by atoms with Gasteiger partial charge in [-0.05, 0) is 23.1 Å². The second-order valence-corrected chi connectivity index (χ2v) is 6.05. The van der Waals surface area contributed by atoms with E-state index in [1.807, 2.05) is 24.3 Å². The molecule has 0 spiro atoms. The first-order valence-corrected chi connectivity index (χ1v) is 7.83. The van der Waals surface area contributed by atoms with E-state index in [1.54, 1.807) is 18.2 Å². The van der Waals surface area contributed by atoms with Crippen LogP contribution in [0.2, 0.25) is 0 Å². The fourth-order valence-corrected chi connectivity index (χ4v) is 3.38. The highest BCUT2D eigenvalue weighted by Gasteiger charge is 2.38. The molecular weight excluding hydrogens is 341 g/mol. The Balaban J connectivity index is 2.01. The lowest BCUT2D eigenvalue weighted by Crippen LogP contribution is -2.31. The molecule has 0 aromatic heterocycles. The molecule has 1 aliphatic rings. The van der Waals surface area contributed by atoms with Crippen LogP contribution in [-0.2, 0) is 0 Å². The van der Waals surface area contributed by atoms with Crippen LogP contribution in [0.5, 0.6) is 5.75 Å². The topological polar surface area (TPSA) is 56.9 Å². The van der Waals surface area contributed by atoms with E-state index in [0.717, 1.165) is 22.9 Å². The SMILES string of the molecule is N#CC1C(=N)Oc2c(ccc3ccccc23)C1c1cc(F)c(F)c(F)c1. The van der Waals surface area contributed by atoms with Crippen LogP contribution >= 0.6 is 0 Å². The number of hydrogen-bond acceptors (Lipinski definition) is 3. The third kappa shape index (κ3) is 2.32. The molecule has 3 nitrogen and oxygen atoms in total. The number of benzene rings is 3. The average Bonchev–Trinajstić information content (AvgIpc) is 2.64. The molecule has 0 aliphatic carbocycles. The monoisotopic (exact) mass is 352 g/mol. The molecule has 6 heteroatoms. The molecular formula is C20H11F3N2O. The number of ether oxygens (including phenoxy) is 1. The van der Waals surface area contributed by atoms with Gasteiger partial charge in [-0.1, -0.05) is 36.4 Å². The molecule has 0 radical (unpaired) electrons. The normalized spacial score (nSPS) is 18.9. The van der Waals surface area contributed by atoms with Gasteiger partial charge in [-0.3, -0.25) is 5.41 Å². The quantitative estimate of drug-likeness (QED) is 0.634. The molecule has 3 aromatic rings. The van der Waals surface area contributed by atoms with Crippen molar-refractivity contribution in [1.29, 1.82) is 10.7 Å². The van der Waals surface area contributed by atoms with E-state index in [1.165, 1.54) is 0 Å². The van der Waals surface area contributed by atoms with Gasteiger partial charge in [0.2, 0.25) is 5.90 Å². The first kappa shape index (κ1) is 16.2. The molecule has 2 unspecified atom stereocenters. The van der Waals surface area contributed by atoms with Crippen molar-refractivity contribution in [3.63, 3.8) is 0 Å². The van der Waals surface area contributed by atoms with Gasteiger partial charge in [0.25, 0.3) is 0 Å². The van der Waals surface area contributed by atoms with Crippen molar-refractivity contribution in [2.75, 3.05) is 0 Å². The summed E-state index contributed by atoms with van der Waals surface area (Å²) in [6, 6.07) is 14.5. The number of nitriles is 1. The first-order chi connectivity index (χ1) is 12.5. The van der Waals surface area contributed by atoms with Crippen molar-refractivity contribution in [3.05, 3.63) is 77.1 Å². The summed E-state index contributed by atoms with van der Waals surface area (Å²) in [4.78, 5) is 0. The molecule has 4 rings (SSSR count). The van der Waals surface area contributed by atoms with Crippen LogP contribution in [-0.4, -0.2) is 5.90 Å². The maximum absolute atomic E-state index is 13.8. The molecule has 26 heavy (non-hydrogen) atoms. The minimum atomic E-state index is -1.57. The third-order valence-electron chi connectivity index (χ3n) is 4.58. The summed E-state index contributed by atoms with van der Waals surface area (Å²) in [5.74, 6) is -6.10. The molecule has 2 atom stereocenters. The van der Waals surface area contributed by atoms with E-state index in [-0.39, 0.29) is 11.5 Å². The van der Waals surface area contributed by atoms with Gasteiger partial charge in [0.1, 0.15) is 11.7 Å². The van der Waals surface area contributed by atoms with Gasteiger partial charge >= 0.3 is 0 Å². The maximum atomic E-state index is 13.8. The summed E-state index contributed by atoms with van der Waals surface area (Å²) in [6.07, 6.45) is 0. The fraction of sp³-hybridized carbons (Fsp3) is 0.100. The van der Waals surface area contributed by atoms with Gasteiger partial charge in [-0.25, -0.2) is 13.2 Å². The van der Waals surface area contributed by atoms with E-state index >= 15 is 0 Å². The van der Waals surface area contributed by atoms with Gasteiger partial charge in [0.05, 0.1) is 6.07 Å². The minimum Gasteiger partial charge on any atom is -0.441 e. The van der Waals surface area contributed by atoms with Crippen LogP contribution in [0.3, 0.4) is 0 Å². The van der Waals surface area contributed by atoms with Crippen LogP contribution in [0.15, 0.2) is 48.5 Å². The molecule has 0 bridgehead atoms. The lowest BCUT2D eigenvalue weighted by molar-refractivity contribution is 0.434. The Morgan fingerprint density at radius 2 is 1.69 bits per heavy atom. The fourth-order valence-electron chi connectivity index (χ4n) is 3.38. The Labute approximate surface area is 146 Å². The highest BCUT2D eigenvalue weighted by atomic mass is 19.2. The zero-order chi connectivity index (χ0) is 18.4. The highest BCUT2D eigenvalue weighted by Crippen LogP contribution is 2.45. The number of rotatable bonds is 1. The molecule has 1 aliphatic heterocycles. The Kier molecular flexibility index (Phi) is 3.66. The van der Waals surface area contributed by atoms with Crippen molar-refractivity contribution in [2.24, 2.45) is 5.92 Å².